The predicted octanol–water partition coefficient (Wildman–Crippen LogP) is 1.98. The van der Waals surface area contributed by atoms with Gasteiger partial charge in [0.25, 0.3) is 5.91 Å². The number of ether oxygens (including phenoxy) is 1. The molecule has 0 unspecified atom stereocenters. The lowest BCUT2D eigenvalue weighted by atomic mass is 10.0. The second-order valence-corrected chi connectivity index (χ2v) is 6.84. The van der Waals surface area contributed by atoms with E-state index in [2.05, 4.69) is 5.32 Å². The molecular formula is C17H22N2O5. The smallest absolute Gasteiger partial charge is 0.410 e. The zero-order valence-corrected chi connectivity index (χ0v) is 14.0. The molecule has 2 amide bonds. The molecule has 2 N–H and O–H groups in total. The van der Waals surface area contributed by atoms with Gasteiger partial charge >= 0.3 is 12.1 Å². The van der Waals surface area contributed by atoms with Crippen molar-refractivity contribution in [3.8, 4) is 0 Å². The average molecular weight is 334 g/mol. The Labute approximate surface area is 140 Å². The third-order valence-corrected chi connectivity index (χ3v) is 3.55. The predicted molar refractivity (Wildman–Crippen MR) is 87.0 cm³/mol. The lowest BCUT2D eigenvalue weighted by Gasteiger charge is -2.39. The van der Waals surface area contributed by atoms with E-state index in [0.717, 1.165) is 0 Å². The molecule has 0 aliphatic carbocycles. The maximum Gasteiger partial charge on any atom is 0.410 e. The highest BCUT2D eigenvalue weighted by Crippen LogP contribution is 2.19. The van der Waals surface area contributed by atoms with Crippen LogP contribution in [0, 0.1) is 5.92 Å². The second kappa shape index (κ2) is 6.90. The summed E-state index contributed by atoms with van der Waals surface area (Å²) in [6.07, 6.45) is -0.339. The lowest BCUT2D eigenvalue weighted by molar-refractivity contribution is -0.000548. The minimum absolute atomic E-state index is 0.138. The van der Waals surface area contributed by atoms with Gasteiger partial charge in [0, 0.05) is 31.1 Å². The summed E-state index contributed by atoms with van der Waals surface area (Å²) in [4.78, 5) is 36.2. The molecule has 1 aliphatic heterocycles. The molecule has 0 bridgehead atoms. The Bertz CT molecular complexity index is 627. The number of nitrogens with zero attached hydrogens (tertiary/aromatic N) is 1. The molecule has 1 aliphatic rings. The zero-order chi connectivity index (χ0) is 17.9. The van der Waals surface area contributed by atoms with Crippen LogP contribution in [0.25, 0.3) is 0 Å². The second-order valence-electron chi connectivity index (χ2n) is 6.84. The molecule has 0 aromatic heterocycles. The zero-order valence-electron chi connectivity index (χ0n) is 14.0. The fraction of sp³-hybridized carbons (Fsp3) is 0.471. The van der Waals surface area contributed by atoms with Crippen molar-refractivity contribution in [2.75, 3.05) is 19.6 Å². The molecule has 1 aromatic rings. The molecule has 0 saturated carbocycles. The van der Waals surface area contributed by atoms with E-state index < -0.39 is 11.6 Å². The van der Waals surface area contributed by atoms with Gasteiger partial charge in [-0.25, -0.2) is 9.59 Å². The molecule has 1 fully saturated rings. The molecule has 7 nitrogen and oxygen atoms in total. The van der Waals surface area contributed by atoms with Gasteiger partial charge in [-0.2, -0.15) is 0 Å². The SMILES string of the molecule is CC(C)(C)OC(=O)N1CC(CNC(=O)c2ccc(C(=O)O)cc2)C1. The van der Waals surface area contributed by atoms with Gasteiger partial charge in [0.2, 0.25) is 0 Å². The van der Waals surface area contributed by atoms with E-state index in [1.807, 2.05) is 20.8 Å². The number of aromatic carboxylic acids is 1. The quantitative estimate of drug-likeness (QED) is 0.878. The van der Waals surface area contributed by atoms with Gasteiger partial charge in [-0.3, -0.25) is 4.79 Å². The van der Waals surface area contributed by atoms with Gasteiger partial charge in [0.05, 0.1) is 5.56 Å². The van der Waals surface area contributed by atoms with Crippen molar-refractivity contribution in [2.24, 2.45) is 5.92 Å². The van der Waals surface area contributed by atoms with E-state index in [1.54, 1.807) is 4.90 Å². The topological polar surface area (TPSA) is 95.9 Å². The largest absolute Gasteiger partial charge is 0.478 e. The summed E-state index contributed by atoms with van der Waals surface area (Å²) in [6, 6.07) is 5.74. The number of carboxylic acids is 1. The van der Waals surface area contributed by atoms with E-state index in [0.29, 0.717) is 25.2 Å². The minimum Gasteiger partial charge on any atom is -0.478 e. The van der Waals surface area contributed by atoms with Gasteiger partial charge in [0.1, 0.15) is 5.60 Å². The van der Waals surface area contributed by atoms with Crippen LogP contribution < -0.4 is 5.32 Å². The summed E-state index contributed by atoms with van der Waals surface area (Å²) >= 11 is 0. The third-order valence-electron chi connectivity index (χ3n) is 3.55. The minimum atomic E-state index is -1.03. The van der Waals surface area contributed by atoms with Crippen LogP contribution in [0.1, 0.15) is 41.5 Å². The van der Waals surface area contributed by atoms with Crippen molar-refractivity contribution in [3.63, 3.8) is 0 Å². The number of amides is 2. The monoisotopic (exact) mass is 334 g/mol. The number of rotatable bonds is 4. The van der Waals surface area contributed by atoms with Crippen molar-refractivity contribution in [1.82, 2.24) is 10.2 Å². The normalized spacial score (nSPS) is 14.7. The molecule has 1 saturated heterocycles. The highest BCUT2D eigenvalue weighted by molar-refractivity contribution is 5.95. The van der Waals surface area contributed by atoms with E-state index in [-0.39, 0.29) is 23.5 Å². The lowest BCUT2D eigenvalue weighted by Crippen LogP contribution is -2.54. The van der Waals surface area contributed by atoms with Gasteiger partial charge in [-0.05, 0) is 45.0 Å². The Morgan fingerprint density at radius 3 is 2.21 bits per heavy atom. The van der Waals surface area contributed by atoms with E-state index in [4.69, 9.17) is 9.84 Å². The molecule has 7 heteroatoms. The molecule has 0 spiro atoms. The maximum atomic E-state index is 12.0. The summed E-state index contributed by atoms with van der Waals surface area (Å²) in [5.74, 6) is -1.10. The van der Waals surface area contributed by atoms with Crippen molar-refractivity contribution < 1.29 is 24.2 Å². The van der Waals surface area contributed by atoms with E-state index >= 15 is 0 Å². The summed E-state index contributed by atoms with van der Waals surface area (Å²) in [7, 11) is 0. The number of hydrogen-bond donors (Lipinski definition) is 2. The molecule has 1 aromatic carbocycles. The van der Waals surface area contributed by atoms with Crippen molar-refractivity contribution >= 4 is 18.0 Å². The molecule has 1 heterocycles. The summed E-state index contributed by atoms with van der Waals surface area (Å²) in [5.41, 5.74) is 0.0280. The van der Waals surface area contributed by atoms with Gasteiger partial charge < -0.3 is 20.1 Å². The maximum absolute atomic E-state index is 12.0. The molecule has 24 heavy (non-hydrogen) atoms. The molecule has 0 atom stereocenters. The number of carbonyl (C=O) groups excluding carboxylic acids is 2. The van der Waals surface area contributed by atoms with Crippen molar-refractivity contribution in [3.05, 3.63) is 35.4 Å². The average Bonchev–Trinajstić information content (AvgIpc) is 2.43. The standard InChI is InChI=1S/C17H22N2O5/c1-17(2,3)24-16(23)19-9-11(10-19)8-18-14(20)12-4-6-13(7-5-12)15(21)22/h4-7,11H,8-10H2,1-3H3,(H,18,20)(H,21,22). The van der Waals surface area contributed by atoms with Gasteiger partial charge in [-0.15, -0.1) is 0 Å². The summed E-state index contributed by atoms with van der Waals surface area (Å²) in [6.45, 7) is 7.01. The number of carbonyl (C=O) groups is 3. The van der Waals surface area contributed by atoms with Crippen LogP contribution in [0.4, 0.5) is 4.79 Å². The number of carboxylic acid groups (broad SMARTS) is 1. The molecule has 0 radical (unpaired) electrons. The van der Waals surface area contributed by atoms with Crippen LogP contribution in [0.15, 0.2) is 24.3 Å². The van der Waals surface area contributed by atoms with E-state index in [9.17, 15) is 14.4 Å². The Morgan fingerprint density at radius 2 is 1.71 bits per heavy atom. The highest BCUT2D eigenvalue weighted by Gasteiger charge is 2.33. The number of likely N-dealkylation sites (tertiary alicyclic amines) is 1. The summed E-state index contributed by atoms with van der Waals surface area (Å²) in [5, 5.41) is 11.6. The van der Waals surface area contributed by atoms with Gasteiger partial charge in [-0.1, -0.05) is 0 Å². The first-order valence-corrected chi connectivity index (χ1v) is 7.75. The molecule has 2 rings (SSSR count). The van der Waals surface area contributed by atoms with Crippen LogP contribution in [-0.2, 0) is 4.74 Å². The first-order valence-electron chi connectivity index (χ1n) is 7.75. The Morgan fingerprint density at radius 1 is 1.17 bits per heavy atom. The molecule has 130 valence electrons. The fourth-order valence-electron chi connectivity index (χ4n) is 2.28. The summed E-state index contributed by atoms with van der Waals surface area (Å²) < 4.78 is 5.27. The molecular weight excluding hydrogens is 312 g/mol. The number of benzene rings is 1. The van der Waals surface area contributed by atoms with E-state index in [1.165, 1.54) is 24.3 Å². The third kappa shape index (κ3) is 4.71. The Balaban J connectivity index is 1.74. The van der Waals surface area contributed by atoms with Crippen LogP contribution in [0.3, 0.4) is 0 Å². The number of nitrogens with one attached hydrogen (secondary N) is 1. The van der Waals surface area contributed by atoms with Crippen LogP contribution in [-0.4, -0.2) is 53.2 Å². The fourth-order valence-corrected chi connectivity index (χ4v) is 2.28. The highest BCUT2D eigenvalue weighted by atomic mass is 16.6. The number of hydrogen-bond acceptors (Lipinski definition) is 4. The van der Waals surface area contributed by atoms with Gasteiger partial charge in [0.15, 0.2) is 0 Å². The van der Waals surface area contributed by atoms with Crippen LogP contribution in [0.2, 0.25) is 0 Å². The van der Waals surface area contributed by atoms with Crippen molar-refractivity contribution in [1.29, 1.82) is 0 Å². The first-order chi connectivity index (χ1) is 11.2. The van der Waals surface area contributed by atoms with Crippen molar-refractivity contribution in [2.45, 2.75) is 26.4 Å². The first kappa shape index (κ1) is 17.8. The van der Waals surface area contributed by atoms with Crippen LogP contribution >= 0.6 is 0 Å². The Kier molecular flexibility index (Phi) is 5.11. The van der Waals surface area contributed by atoms with Crippen LogP contribution in [0.5, 0.6) is 0 Å². The Hall–Kier alpha value is -2.57.